The van der Waals surface area contributed by atoms with Crippen LogP contribution >= 0.6 is 0 Å². The van der Waals surface area contributed by atoms with Crippen molar-refractivity contribution in [2.24, 2.45) is 0 Å². The molecule has 0 aliphatic heterocycles. The Kier molecular flexibility index (Phi) is 2.84. The van der Waals surface area contributed by atoms with Crippen LogP contribution in [-0.4, -0.2) is 16.6 Å². The van der Waals surface area contributed by atoms with Gasteiger partial charge in [-0.05, 0) is 26.8 Å². The van der Waals surface area contributed by atoms with Crippen molar-refractivity contribution in [3.63, 3.8) is 0 Å². The molecule has 0 fully saturated rings. The summed E-state index contributed by atoms with van der Waals surface area (Å²) in [7, 11) is 0. The number of carbonyl (C=O) groups is 1. The topological polar surface area (TPSA) is 39.2 Å². The SMILES string of the molecule is CC(C)(C)OC(=O)c1ccnc(F)c1. The van der Waals surface area contributed by atoms with Crippen LogP contribution in [-0.2, 0) is 4.74 Å². The van der Waals surface area contributed by atoms with E-state index in [2.05, 4.69) is 4.98 Å². The van der Waals surface area contributed by atoms with E-state index < -0.39 is 17.5 Å². The summed E-state index contributed by atoms with van der Waals surface area (Å²) in [6, 6.07) is 2.46. The van der Waals surface area contributed by atoms with Crippen LogP contribution in [0.25, 0.3) is 0 Å². The van der Waals surface area contributed by atoms with Crippen molar-refractivity contribution >= 4 is 5.97 Å². The lowest BCUT2D eigenvalue weighted by molar-refractivity contribution is 0.00688. The highest BCUT2D eigenvalue weighted by atomic mass is 19.1. The first-order valence-electron chi connectivity index (χ1n) is 4.23. The van der Waals surface area contributed by atoms with Crippen LogP contribution in [0.4, 0.5) is 4.39 Å². The number of rotatable bonds is 1. The number of nitrogens with zero attached hydrogens (tertiary/aromatic N) is 1. The van der Waals surface area contributed by atoms with E-state index >= 15 is 0 Å². The second-order valence-corrected chi connectivity index (χ2v) is 3.87. The molecule has 0 amide bonds. The molecule has 14 heavy (non-hydrogen) atoms. The standard InChI is InChI=1S/C10H12FNO2/c1-10(2,3)14-9(13)7-4-5-12-8(11)6-7/h4-6H,1-3H3. The van der Waals surface area contributed by atoms with Crippen molar-refractivity contribution in [1.82, 2.24) is 4.98 Å². The summed E-state index contributed by atoms with van der Waals surface area (Å²) < 4.78 is 17.7. The maximum absolute atomic E-state index is 12.6. The first-order valence-corrected chi connectivity index (χ1v) is 4.23. The van der Waals surface area contributed by atoms with Crippen molar-refractivity contribution in [3.8, 4) is 0 Å². The van der Waals surface area contributed by atoms with Gasteiger partial charge in [0.15, 0.2) is 0 Å². The molecule has 3 nitrogen and oxygen atoms in total. The highest BCUT2D eigenvalue weighted by molar-refractivity contribution is 5.89. The van der Waals surface area contributed by atoms with Crippen LogP contribution in [0, 0.1) is 5.95 Å². The Morgan fingerprint density at radius 1 is 1.50 bits per heavy atom. The van der Waals surface area contributed by atoms with Crippen LogP contribution in [0.3, 0.4) is 0 Å². The number of halogens is 1. The summed E-state index contributed by atoms with van der Waals surface area (Å²) in [5.74, 6) is -1.23. The molecule has 0 spiro atoms. The minimum absolute atomic E-state index is 0.174. The third-order valence-corrected chi connectivity index (χ3v) is 1.36. The molecule has 0 aliphatic rings. The van der Waals surface area contributed by atoms with E-state index in [0.29, 0.717) is 0 Å². The van der Waals surface area contributed by atoms with Gasteiger partial charge in [-0.15, -0.1) is 0 Å². The Hall–Kier alpha value is -1.45. The number of ether oxygens (including phenoxy) is 1. The number of hydrogen-bond donors (Lipinski definition) is 0. The number of aromatic nitrogens is 1. The summed E-state index contributed by atoms with van der Waals surface area (Å²) in [4.78, 5) is 14.7. The van der Waals surface area contributed by atoms with E-state index in [1.165, 1.54) is 12.3 Å². The van der Waals surface area contributed by atoms with E-state index in [1.54, 1.807) is 20.8 Å². The maximum atomic E-state index is 12.6. The van der Waals surface area contributed by atoms with Crippen molar-refractivity contribution in [2.75, 3.05) is 0 Å². The normalized spacial score (nSPS) is 11.1. The largest absolute Gasteiger partial charge is 0.456 e. The summed E-state index contributed by atoms with van der Waals surface area (Å²) in [5.41, 5.74) is -0.399. The van der Waals surface area contributed by atoms with Crippen molar-refractivity contribution < 1.29 is 13.9 Å². The smallest absolute Gasteiger partial charge is 0.338 e. The lowest BCUT2D eigenvalue weighted by Gasteiger charge is -2.19. The van der Waals surface area contributed by atoms with E-state index in [1.807, 2.05) is 0 Å². The molecule has 0 radical (unpaired) electrons. The van der Waals surface area contributed by atoms with E-state index in [9.17, 15) is 9.18 Å². The molecule has 76 valence electrons. The summed E-state index contributed by atoms with van der Waals surface area (Å²) in [5, 5.41) is 0. The molecule has 1 aromatic heterocycles. The van der Waals surface area contributed by atoms with Crippen molar-refractivity contribution in [3.05, 3.63) is 29.8 Å². The Morgan fingerprint density at radius 2 is 2.14 bits per heavy atom. The highest BCUT2D eigenvalue weighted by Gasteiger charge is 2.17. The molecule has 0 saturated carbocycles. The molecular formula is C10H12FNO2. The molecule has 0 unspecified atom stereocenters. The summed E-state index contributed by atoms with van der Waals surface area (Å²) in [6.07, 6.45) is 1.23. The summed E-state index contributed by atoms with van der Waals surface area (Å²) in [6.45, 7) is 5.26. The van der Waals surface area contributed by atoms with Gasteiger partial charge in [-0.25, -0.2) is 9.78 Å². The second kappa shape index (κ2) is 3.74. The molecule has 1 rings (SSSR count). The van der Waals surface area contributed by atoms with Gasteiger partial charge in [0, 0.05) is 12.3 Å². The Balaban J connectivity index is 2.80. The minimum atomic E-state index is -0.687. The first-order chi connectivity index (χ1) is 6.38. The van der Waals surface area contributed by atoms with Gasteiger partial charge in [-0.2, -0.15) is 4.39 Å². The second-order valence-electron chi connectivity index (χ2n) is 3.87. The number of hydrogen-bond acceptors (Lipinski definition) is 3. The van der Waals surface area contributed by atoms with Gasteiger partial charge in [0.1, 0.15) is 5.60 Å². The van der Waals surface area contributed by atoms with Crippen LogP contribution in [0.15, 0.2) is 18.3 Å². The minimum Gasteiger partial charge on any atom is -0.456 e. The molecule has 1 aromatic rings. The molecule has 4 heteroatoms. The zero-order chi connectivity index (χ0) is 10.8. The third-order valence-electron chi connectivity index (χ3n) is 1.36. The zero-order valence-corrected chi connectivity index (χ0v) is 8.37. The third kappa shape index (κ3) is 3.12. The van der Waals surface area contributed by atoms with E-state index in [0.717, 1.165) is 6.07 Å². The molecule has 0 aromatic carbocycles. The number of esters is 1. The fourth-order valence-corrected chi connectivity index (χ4v) is 0.866. The lowest BCUT2D eigenvalue weighted by Crippen LogP contribution is -2.23. The molecule has 0 saturated heterocycles. The van der Waals surface area contributed by atoms with Gasteiger partial charge in [0.25, 0.3) is 0 Å². The Morgan fingerprint density at radius 3 is 2.64 bits per heavy atom. The molecule has 1 heterocycles. The fourth-order valence-electron chi connectivity index (χ4n) is 0.866. The quantitative estimate of drug-likeness (QED) is 0.511. The number of carbonyl (C=O) groups excluding carboxylic acids is 1. The van der Waals surface area contributed by atoms with Gasteiger partial charge in [0.2, 0.25) is 5.95 Å². The van der Waals surface area contributed by atoms with Crippen LogP contribution in [0.1, 0.15) is 31.1 Å². The lowest BCUT2D eigenvalue weighted by atomic mass is 10.2. The number of pyridine rings is 1. The molecular weight excluding hydrogens is 185 g/mol. The van der Waals surface area contributed by atoms with Gasteiger partial charge >= 0.3 is 5.97 Å². The monoisotopic (exact) mass is 197 g/mol. The van der Waals surface area contributed by atoms with E-state index in [4.69, 9.17) is 4.74 Å². The van der Waals surface area contributed by atoms with Crippen LogP contribution in [0.5, 0.6) is 0 Å². The highest BCUT2D eigenvalue weighted by Crippen LogP contribution is 2.11. The molecule has 0 atom stereocenters. The Labute approximate surface area is 81.9 Å². The molecule has 0 bridgehead atoms. The molecule has 0 N–H and O–H groups in total. The van der Waals surface area contributed by atoms with Crippen LogP contribution < -0.4 is 0 Å². The van der Waals surface area contributed by atoms with Gasteiger partial charge in [-0.3, -0.25) is 0 Å². The summed E-state index contributed by atoms with van der Waals surface area (Å²) >= 11 is 0. The fraction of sp³-hybridized carbons (Fsp3) is 0.400. The van der Waals surface area contributed by atoms with Crippen LogP contribution in [0.2, 0.25) is 0 Å². The van der Waals surface area contributed by atoms with Gasteiger partial charge in [0.05, 0.1) is 5.56 Å². The Bertz CT molecular complexity index is 344. The van der Waals surface area contributed by atoms with Crippen molar-refractivity contribution in [2.45, 2.75) is 26.4 Å². The van der Waals surface area contributed by atoms with Gasteiger partial charge in [-0.1, -0.05) is 0 Å². The van der Waals surface area contributed by atoms with Gasteiger partial charge < -0.3 is 4.74 Å². The average molecular weight is 197 g/mol. The van der Waals surface area contributed by atoms with Crippen molar-refractivity contribution in [1.29, 1.82) is 0 Å². The maximum Gasteiger partial charge on any atom is 0.338 e. The predicted octanol–water partition coefficient (Wildman–Crippen LogP) is 2.18. The zero-order valence-electron chi connectivity index (χ0n) is 8.37. The predicted molar refractivity (Wildman–Crippen MR) is 49.4 cm³/mol. The first kappa shape index (κ1) is 10.6. The molecule has 0 aliphatic carbocycles. The average Bonchev–Trinajstić information content (AvgIpc) is 2.01. The van der Waals surface area contributed by atoms with E-state index in [-0.39, 0.29) is 5.56 Å².